The van der Waals surface area contributed by atoms with Crippen molar-refractivity contribution in [1.82, 2.24) is 9.55 Å². The summed E-state index contributed by atoms with van der Waals surface area (Å²) in [6, 6.07) is 11.0. The fourth-order valence-corrected chi connectivity index (χ4v) is 6.96. The summed E-state index contributed by atoms with van der Waals surface area (Å²) in [5, 5.41) is 3.16. The maximum absolute atomic E-state index is 15.7. The van der Waals surface area contributed by atoms with Crippen LogP contribution in [-0.2, 0) is 22.3 Å². The third-order valence-corrected chi connectivity index (χ3v) is 9.27. The second kappa shape index (κ2) is 10.4. The topological polar surface area (TPSA) is 76.5 Å². The predicted octanol–water partition coefficient (Wildman–Crippen LogP) is 7.41. The van der Waals surface area contributed by atoms with Gasteiger partial charge in [0.05, 0.1) is 63.5 Å². The molecule has 3 atom stereocenters. The number of nitrogens with one attached hydrogen (secondary N) is 1. The Balaban J connectivity index is 1.49. The first-order valence-corrected chi connectivity index (χ1v) is 14.7. The number of nitrogens with zero attached hydrogens (tertiary/aromatic N) is 3. The van der Waals surface area contributed by atoms with Gasteiger partial charge in [-0.1, -0.05) is 35.3 Å². The van der Waals surface area contributed by atoms with Crippen LogP contribution in [0.5, 0.6) is 0 Å². The summed E-state index contributed by atoms with van der Waals surface area (Å²) in [5.41, 5.74) is -0.378. The van der Waals surface area contributed by atoms with Crippen LogP contribution in [0, 0.1) is 11.7 Å². The van der Waals surface area contributed by atoms with Crippen molar-refractivity contribution in [2.45, 2.75) is 43.4 Å². The molecule has 1 aromatic heterocycles. The minimum absolute atomic E-state index is 0.0357. The van der Waals surface area contributed by atoms with Crippen LogP contribution in [0.25, 0.3) is 11.0 Å². The highest BCUT2D eigenvalue weighted by molar-refractivity contribution is 6.31. The van der Waals surface area contributed by atoms with E-state index in [4.69, 9.17) is 28.2 Å². The first-order chi connectivity index (χ1) is 21.0. The van der Waals surface area contributed by atoms with Gasteiger partial charge in [-0.2, -0.15) is 13.2 Å². The molecule has 1 fully saturated rings. The second-order valence-corrected chi connectivity index (χ2v) is 12.3. The Morgan fingerprint density at radius 3 is 2.61 bits per heavy atom. The molecule has 0 unspecified atom stereocenters. The van der Waals surface area contributed by atoms with Crippen molar-refractivity contribution in [1.29, 1.82) is 0 Å². The van der Waals surface area contributed by atoms with Crippen LogP contribution in [0.4, 0.5) is 28.9 Å². The first-order valence-electron chi connectivity index (χ1n) is 14.0. The first kappa shape index (κ1) is 28.9. The molecule has 4 aromatic rings. The molecule has 0 spiro atoms. The number of carbonyl (C=O) groups excluding carboxylic acids is 2. The van der Waals surface area contributed by atoms with E-state index in [2.05, 4.69) is 15.0 Å². The van der Waals surface area contributed by atoms with Crippen LogP contribution in [0.3, 0.4) is 0 Å². The number of rotatable bonds is 4. The fraction of sp³-hybridized carbons (Fsp3) is 0.323. The summed E-state index contributed by atoms with van der Waals surface area (Å²) < 4.78 is 64.6. The lowest BCUT2D eigenvalue weighted by Crippen LogP contribution is -2.46. The molecule has 13 heteroatoms. The normalized spacial score (nSPS) is 21.3. The third-order valence-electron chi connectivity index (χ3n) is 8.75. The summed E-state index contributed by atoms with van der Waals surface area (Å²) in [7, 11) is 1.00. The molecule has 1 N–H and O–H groups in total. The quantitative estimate of drug-likeness (QED) is 0.185. The minimum atomic E-state index is -4.86. The molecule has 3 aliphatic rings. The maximum atomic E-state index is 15.7. The van der Waals surface area contributed by atoms with Gasteiger partial charge in [0.15, 0.2) is 0 Å². The fourth-order valence-electron chi connectivity index (χ4n) is 6.60. The van der Waals surface area contributed by atoms with E-state index >= 15 is 4.39 Å². The molecule has 0 bridgehead atoms. The Morgan fingerprint density at radius 1 is 1.14 bits per heavy atom. The number of anilines is 2. The lowest BCUT2D eigenvalue weighted by atomic mass is 9.79. The summed E-state index contributed by atoms with van der Waals surface area (Å²) in [6.07, 6.45) is -2.84. The van der Waals surface area contributed by atoms with Crippen molar-refractivity contribution in [3.8, 4) is 0 Å². The number of alkyl halides is 3. The van der Waals surface area contributed by atoms with Gasteiger partial charge in [-0.25, -0.2) is 14.2 Å². The molecule has 228 valence electrons. The van der Waals surface area contributed by atoms with E-state index in [1.165, 1.54) is 12.1 Å². The second-order valence-electron chi connectivity index (χ2n) is 11.4. The standard InChI is InChI=1S/C31H24Cl2F4N4O3/c1-44-30(43)17-10-21-23(11-18(17)31(35,36)37)41-13-24-26(28(41)38-21)25(16-3-2-4-19(33)27(16)34)29(42)39-20-9-15(32)7-8-22(20)40(24)12-14-5-6-14/h2-4,7-11,14,24-26H,5-6,12-13H2,1H3,(H,39,42)/t24-,25-,26+/m0/s1. The van der Waals surface area contributed by atoms with Crippen molar-refractivity contribution >= 4 is 57.5 Å². The maximum Gasteiger partial charge on any atom is 0.417 e. The molecule has 0 radical (unpaired) electrons. The monoisotopic (exact) mass is 646 g/mol. The van der Waals surface area contributed by atoms with Crippen LogP contribution in [-0.4, -0.2) is 41.1 Å². The van der Waals surface area contributed by atoms with Crippen LogP contribution >= 0.6 is 23.2 Å². The summed E-state index contributed by atoms with van der Waals surface area (Å²) >= 11 is 12.5. The molecule has 7 nitrogen and oxygen atoms in total. The van der Waals surface area contributed by atoms with Crippen molar-refractivity contribution in [3.63, 3.8) is 0 Å². The van der Waals surface area contributed by atoms with Crippen LogP contribution in [0.1, 0.15) is 52.0 Å². The highest BCUT2D eigenvalue weighted by Gasteiger charge is 2.50. The van der Waals surface area contributed by atoms with E-state index in [9.17, 15) is 22.8 Å². The highest BCUT2D eigenvalue weighted by Crippen LogP contribution is 2.50. The zero-order chi connectivity index (χ0) is 31.1. The number of amides is 1. The molecule has 1 amide bonds. The SMILES string of the molecule is COC(=O)c1cc2nc3n(c2cc1C(F)(F)F)C[C@H]1[C@@H]3[C@H](c2cccc(Cl)c2F)C(=O)Nc2cc(Cl)ccc2N1CC1CC1. The minimum Gasteiger partial charge on any atom is -0.465 e. The van der Waals surface area contributed by atoms with Crippen molar-refractivity contribution in [3.05, 3.63) is 86.9 Å². The third kappa shape index (κ3) is 4.68. The van der Waals surface area contributed by atoms with Crippen molar-refractivity contribution in [2.24, 2.45) is 5.92 Å². The van der Waals surface area contributed by atoms with Crippen LogP contribution in [0.15, 0.2) is 48.5 Å². The lowest BCUT2D eigenvalue weighted by Gasteiger charge is -2.40. The summed E-state index contributed by atoms with van der Waals surface area (Å²) in [4.78, 5) is 33.4. The number of imidazole rings is 1. The molecule has 0 saturated heterocycles. The molecule has 1 aliphatic carbocycles. The lowest BCUT2D eigenvalue weighted by molar-refractivity contribution is -0.138. The molecule has 7 rings (SSSR count). The van der Waals surface area contributed by atoms with E-state index in [-0.39, 0.29) is 28.2 Å². The number of halogens is 6. The van der Waals surface area contributed by atoms with Gasteiger partial charge in [-0.05, 0) is 55.2 Å². The number of hydrogen-bond donors (Lipinski definition) is 1. The molecule has 3 aromatic carbocycles. The number of esters is 1. The zero-order valence-electron chi connectivity index (χ0n) is 23.1. The van der Waals surface area contributed by atoms with Gasteiger partial charge in [0.1, 0.15) is 11.6 Å². The number of fused-ring (bicyclic) bond motifs is 6. The van der Waals surface area contributed by atoms with E-state index in [1.54, 1.807) is 28.8 Å². The summed E-state index contributed by atoms with van der Waals surface area (Å²) in [6.45, 7) is 0.769. The van der Waals surface area contributed by atoms with Crippen molar-refractivity contribution < 1.29 is 31.9 Å². The number of carbonyl (C=O) groups is 2. The molecule has 2 aliphatic heterocycles. The van der Waals surface area contributed by atoms with Gasteiger partial charge in [0.25, 0.3) is 0 Å². The smallest absolute Gasteiger partial charge is 0.417 e. The van der Waals surface area contributed by atoms with E-state index in [0.29, 0.717) is 34.7 Å². The van der Waals surface area contributed by atoms with Crippen LogP contribution < -0.4 is 10.2 Å². The Morgan fingerprint density at radius 2 is 1.91 bits per heavy atom. The Labute approximate surface area is 258 Å². The molecule has 1 saturated carbocycles. The zero-order valence-corrected chi connectivity index (χ0v) is 24.6. The van der Waals surface area contributed by atoms with Gasteiger partial charge in [0, 0.05) is 23.7 Å². The number of ether oxygens (including phenoxy) is 1. The Hall–Kier alpha value is -3.83. The van der Waals surface area contributed by atoms with Crippen LogP contribution in [0.2, 0.25) is 10.0 Å². The van der Waals surface area contributed by atoms with E-state index in [0.717, 1.165) is 32.1 Å². The molecular formula is C31H24Cl2F4N4O3. The Kier molecular flexibility index (Phi) is 6.82. The molecular weight excluding hydrogens is 623 g/mol. The molecule has 44 heavy (non-hydrogen) atoms. The van der Waals surface area contributed by atoms with E-state index < -0.39 is 52.9 Å². The number of benzene rings is 3. The summed E-state index contributed by atoms with van der Waals surface area (Å²) in [5.74, 6) is -3.74. The number of aromatic nitrogens is 2. The van der Waals surface area contributed by atoms with Gasteiger partial charge < -0.3 is 19.5 Å². The number of hydrogen-bond acceptors (Lipinski definition) is 5. The molecule has 3 heterocycles. The predicted molar refractivity (Wildman–Crippen MR) is 157 cm³/mol. The largest absolute Gasteiger partial charge is 0.465 e. The van der Waals surface area contributed by atoms with Gasteiger partial charge in [-0.3, -0.25) is 4.79 Å². The van der Waals surface area contributed by atoms with Gasteiger partial charge >= 0.3 is 12.1 Å². The average Bonchev–Trinajstić information content (AvgIpc) is 3.63. The van der Waals surface area contributed by atoms with Crippen molar-refractivity contribution in [2.75, 3.05) is 23.9 Å². The Bertz CT molecular complexity index is 1860. The van der Waals surface area contributed by atoms with E-state index in [1.807, 2.05) is 0 Å². The van der Waals surface area contributed by atoms with Gasteiger partial charge in [0.2, 0.25) is 5.91 Å². The number of methoxy groups -OCH3 is 1. The highest BCUT2D eigenvalue weighted by atomic mass is 35.5. The average molecular weight is 647 g/mol. The van der Waals surface area contributed by atoms with Gasteiger partial charge in [-0.15, -0.1) is 0 Å².